The molecule has 0 N–H and O–H groups in total. The average molecular weight is 439 g/mol. The predicted octanol–water partition coefficient (Wildman–Crippen LogP) is 6.10. The normalized spacial score (nSPS) is 40.3. The second-order valence-corrected chi connectivity index (χ2v) is 11.1. The van der Waals surface area contributed by atoms with Crippen LogP contribution in [0.3, 0.4) is 0 Å². The Hall–Kier alpha value is -1.81. The van der Waals surface area contributed by atoms with Crippen LogP contribution in [0.25, 0.3) is 5.57 Å². The lowest BCUT2D eigenvalue weighted by atomic mass is 9.53. The Morgan fingerprint density at radius 2 is 1.59 bits per heavy atom. The maximum absolute atomic E-state index is 12.3. The van der Waals surface area contributed by atoms with Gasteiger partial charge in [-0.2, -0.15) is 0 Å². The molecule has 0 radical (unpaired) electrons. The van der Waals surface area contributed by atoms with Gasteiger partial charge in [0.1, 0.15) is 5.75 Å². The van der Waals surface area contributed by atoms with E-state index in [-0.39, 0.29) is 23.7 Å². The van der Waals surface area contributed by atoms with E-state index in [1.165, 1.54) is 50.4 Å². The van der Waals surface area contributed by atoms with Crippen LogP contribution < -0.4 is 4.74 Å². The van der Waals surface area contributed by atoms with Gasteiger partial charge in [-0.1, -0.05) is 38.5 Å². The van der Waals surface area contributed by atoms with E-state index < -0.39 is 12.4 Å². The summed E-state index contributed by atoms with van der Waals surface area (Å²) >= 11 is 0. The SMILES string of the molecule is COC(=O)C1OC(Oc2cccc(C(C)=C3C4CC5CC(C4)CC3C5)c2)C(C)C(C)C1C. The summed E-state index contributed by atoms with van der Waals surface area (Å²) in [6, 6.07) is 8.47. The first-order valence-electron chi connectivity index (χ1n) is 12.6. The van der Waals surface area contributed by atoms with Gasteiger partial charge in [-0.25, -0.2) is 4.79 Å². The first-order valence-corrected chi connectivity index (χ1v) is 12.6. The number of carbonyl (C=O) groups is 1. The number of ether oxygens (including phenoxy) is 3. The van der Waals surface area contributed by atoms with Crippen molar-refractivity contribution < 1.29 is 19.0 Å². The van der Waals surface area contributed by atoms with Gasteiger partial charge in [0, 0.05) is 5.92 Å². The van der Waals surface area contributed by atoms with Crippen LogP contribution in [0, 0.1) is 41.4 Å². The smallest absolute Gasteiger partial charge is 0.335 e. The molecule has 4 saturated carbocycles. The molecular weight excluding hydrogens is 400 g/mol. The van der Waals surface area contributed by atoms with Gasteiger partial charge in [-0.05, 0) is 97.8 Å². The number of benzene rings is 1. The zero-order valence-electron chi connectivity index (χ0n) is 20.2. The molecule has 5 atom stereocenters. The van der Waals surface area contributed by atoms with Crippen molar-refractivity contribution in [3.05, 3.63) is 35.4 Å². The number of hydrogen-bond donors (Lipinski definition) is 0. The molecule has 0 spiro atoms. The largest absolute Gasteiger partial charge is 0.467 e. The van der Waals surface area contributed by atoms with Crippen LogP contribution in [0.4, 0.5) is 0 Å². The highest BCUT2D eigenvalue weighted by Crippen LogP contribution is 2.57. The third-order valence-corrected chi connectivity index (χ3v) is 9.25. The highest BCUT2D eigenvalue weighted by Gasteiger charge is 2.46. The molecule has 1 heterocycles. The molecule has 1 aromatic carbocycles. The van der Waals surface area contributed by atoms with Crippen molar-refractivity contribution in [2.24, 2.45) is 41.4 Å². The molecule has 32 heavy (non-hydrogen) atoms. The average Bonchev–Trinajstić information content (AvgIpc) is 2.78. The number of allylic oxidation sites excluding steroid dienone is 2. The van der Waals surface area contributed by atoms with Crippen LogP contribution in [-0.4, -0.2) is 25.5 Å². The number of methoxy groups -OCH3 is 1. The molecule has 5 unspecified atom stereocenters. The van der Waals surface area contributed by atoms with Gasteiger partial charge < -0.3 is 14.2 Å². The highest BCUT2D eigenvalue weighted by molar-refractivity contribution is 5.75. The van der Waals surface area contributed by atoms with E-state index in [0.29, 0.717) is 0 Å². The molecule has 5 fully saturated rings. The standard InChI is InChI=1S/C28H38O4/c1-15-16(2)26(27(29)30-5)32-28(17(15)3)31-24-8-6-7-21(14-24)18(4)25-22-10-19-9-20(12-22)13-23(25)11-19/h6-8,14-17,19-20,22-23,26,28H,9-13H2,1-5H3. The van der Waals surface area contributed by atoms with Crippen molar-refractivity contribution in [3.63, 3.8) is 0 Å². The van der Waals surface area contributed by atoms with E-state index in [0.717, 1.165) is 29.4 Å². The van der Waals surface area contributed by atoms with Crippen molar-refractivity contribution in [2.45, 2.75) is 72.2 Å². The van der Waals surface area contributed by atoms with Crippen molar-refractivity contribution in [2.75, 3.05) is 7.11 Å². The Morgan fingerprint density at radius 1 is 0.938 bits per heavy atom. The second kappa shape index (κ2) is 8.52. The van der Waals surface area contributed by atoms with Crippen LogP contribution in [0.2, 0.25) is 0 Å². The second-order valence-electron chi connectivity index (χ2n) is 11.1. The summed E-state index contributed by atoms with van der Waals surface area (Å²) in [4.78, 5) is 12.3. The lowest BCUT2D eigenvalue weighted by Gasteiger charge is -2.52. The maximum atomic E-state index is 12.3. The van der Waals surface area contributed by atoms with E-state index in [1.807, 2.05) is 6.07 Å². The molecule has 0 aromatic heterocycles. The minimum Gasteiger partial charge on any atom is -0.467 e. The zero-order valence-corrected chi connectivity index (χ0v) is 20.2. The summed E-state index contributed by atoms with van der Waals surface area (Å²) in [5, 5.41) is 0. The van der Waals surface area contributed by atoms with Gasteiger partial charge in [-0.3, -0.25) is 0 Å². The van der Waals surface area contributed by atoms with Gasteiger partial charge in [0.05, 0.1) is 7.11 Å². The molecule has 1 aromatic rings. The maximum Gasteiger partial charge on any atom is 0.335 e. The molecule has 4 heteroatoms. The summed E-state index contributed by atoms with van der Waals surface area (Å²) in [6.45, 7) is 8.68. The van der Waals surface area contributed by atoms with Crippen LogP contribution in [-0.2, 0) is 14.3 Å². The number of rotatable bonds is 4. The number of hydrogen-bond acceptors (Lipinski definition) is 4. The molecular formula is C28H38O4. The van der Waals surface area contributed by atoms with Gasteiger partial charge in [0.15, 0.2) is 6.10 Å². The van der Waals surface area contributed by atoms with Crippen LogP contribution in [0.1, 0.15) is 65.4 Å². The predicted molar refractivity (Wildman–Crippen MR) is 125 cm³/mol. The van der Waals surface area contributed by atoms with Crippen molar-refractivity contribution >= 4 is 11.5 Å². The summed E-state index contributed by atoms with van der Waals surface area (Å²) in [7, 11) is 1.42. The van der Waals surface area contributed by atoms with E-state index in [9.17, 15) is 4.79 Å². The van der Waals surface area contributed by atoms with Gasteiger partial charge in [0.25, 0.3) is 0 Å². The van der Waals surface area contributed by atoms with Crippen molar-refractivity contribution in [1.29, 1.82) is 0 Å². The van der Waals surface area contributed by atoms with Crippen molar-refractivity contribution in [3.8, 4) is 5.75 Å². The van der Waals surface area contributed by atoms with Crippen LogP contribution in [0.15, 0.2) is 29.8 Å². The fraction of sp³-hybridized carbons (Fsp3) is 0.679. The molecule has 4 bridgehead atoms. The molecule has 5 aliphatic rings. The van der Waals surface area contributed by atoms with Gasteiger partial charge in [-0.15, -0.1) is 0 Å². The molecule has 1 aliphatic heterocycles. The summed E-state index contributed by atoms with van der Waals surface area (Å²) < 4.78 is 17.5. The van der Waals surface area contributed by atoms with E-state index in [2.05, 4.69) is 45.9 Å². The monoisotopic (exact) mass is 438 g/mol. The van der Waals surface area contributed by atoms with Crippen LogP contribution >= 0.6 is 0 Å². The lowest BCUT2D eigenvalue weighted by molar-refractivity contribution is -0.222. The minimum absolute atomic E-state index is 0.0903. The first-order chi connectivity index (χ1) is 15.4. The van der Waals surface area contributed by atoms with E-state index in [1.54, 1.807) is 5.57 Å². The number of esters is 1. The first kappa shape index (κ1) is 22.0. The molecule has 174 valence electrons. The molecule has 4 aliphatic carbocycles. The Labute approximate surface area is 192 Å². The Kier molecular flexibility index (Phi) is 5.86. The topological polar surface area (TPSA) is 44.8 Å². The third-order valence-electron chi connectivity index (χ3n) is 9.25. The fourth-order valence-corrected chi connectivity index (χ4v) is 7.32. The molecule has 1 saturated heterocycles. The van der Waals surface area contributed by atoms with Gasteiger partial charge in [0.2, 0.25) is 6.29 Å². The molecule has 6 rings (SSSR count). The number of carbonyl (C=O) groups excluding carboxylic acids is 1. The summed E-state index contributed by atoms with van der Waals surface area (Å²) in [5.74, 6) is 4.58. The highest BCUT2D eigenvalue weighted by atomic mass is 16.7. The minimum atomic E-state index is -0.587. The van der Waals surface area contributed by atoms with Crippen molar-refractivity contribution in [1.82, 2.24) is 0 Å². The third kappa shape index (κ3) is 3.79. The quantitative estimate of drug-likeness (QED) is 0.533. The zero-order chi connectivity index (χ0) is 22.6. The summed E-state index contributed by atoms with van der Waals surface area (Å²) in [5.41, 5.74) is 4.44. The molecule has 0 amide bonds. The summed E-state index contributed by atoms with van der Waals surface area (Å²) in [6.07, 6.45) is 6.02. The van der Waals surface area contributed by atoms with Gasteiger partial charge >= 0.3 is 5.97 Å². The van der Waals surface area contributed by atoms with E-state index >= 15 is 0 Å². The Bertz CT molecular complexity index is 872. The van der Waals surface area contributed by atoms with E-state index in [4.69, 9.17) is 14.2 Å². The Balaban J connectivity index is 1.37. The Morgan fingerprint density at radius 3 is 2.22 bits per heavy atom. The molecule has 4 nitrogen and oxygen atoms in total. The lowest BCUT2D eigenvalue weighted by Crippen LogP contribution is -2.50. The fourth-order valence-electron chi connectivity index (χ4n) is 7.32. The van der Waals surface area contributed by atoms with Crippen LogP contribution in [0.5, 0.6) is 5.75 Å².